The molecular formula is C17H23F3N2O3. The largest absolute Gasteiger partial charge is 0.481 e. The average Bonchev–Trinajstić information content (AvgIpc) is 2.49. The highest BCUT2D eigenvalue weighted by molar-refractivity contribution is 5.86. The molecule has 0 saturated heterocycles. The van der Waals surface area contributed by atoms with Crippen LogP contribution in [-0.2, 0) is 15.0 Å². The van der Waals surface area contributed by atoms with E-state index >= 15 is 0 Å². The summed E-state index contributed by atoms with van der Waals surface area (Å²) in [6, 6.07) is 7.26. The molecule has 8 heteroatoms. The van der Waals surface area contributed by atoms with Gasteiger partial charge in [-0.1, -0.05) is 32.9 Å². The SMILES string of the molecule is CC(Oc1ccc(C(C)(C)C)cc1)C(=O)NCC(=O)NCC(F)(F)F. The maximum absolute atomic E-state index is 12.0. The molecule has 5 nitrogen and oxygen atoms in total. The molecule has 2 N–H and O–H groups in total. The van der Waals surface area contributed by atoms with E-state index in [-0.39, 0.29) is 5.41 Å². The van der Waals surface area contributed by atoms with Crippen molar-refractivity contribution in [3.05, 3.63) is 29.8 Å². The normalized spacial score (nSPS) is 13.1. The molecule has 1 rings (SSSR count). The van der Waals surface area contributed by atoms with Crippen molar-refractivity contribution in [3.8, 4) is 5.75 Å². The van der Waals surface area contributed by atoms with E-state index in [4.69, 9.17) is 4.74 Å². The summed E-state index contributed by atoms with van der Waals surface area (Å²) in [5.74, 6) is -1.04. The van der Waals surface area contributed by atoms with Gasteiger partial charge in [0.2, 0.25) is 5.91 Å². The number of benzene rings is 1. The number of nitrogens with one attached hydrogen (secondary N) is 2. The van der Waals surface area contributed by atoms with E-state index in [1.165, 1.54) is 6.92 Å². The van der Waals surface area contributed by atoms with Gasteiger partial charge in [-0.2, -0.15) is 13.2 Å². The highest BCUT2D eigenvalue weighted by Gasteiger charge is 2.27. The fourth-order valence-corrected chi connectivity index (χ4v) is 1.86. The summed E-state index contributed by atoms with van der Waals surface area (Å²) in [7, 11) is 0. The van der Waals surface area contributed by atoms with Crippen LogP contribution < -0.4 is 15.4 Å². The van der Waals surface area contributed by atoms with E-state index in [0.29, 0.717) is 5.75 Å². The van der Waals surface area contributed by atoms with Crippen molar-refractivity contribution in [2.24, 2.45) is 0 Å². The molecule has 2 amide bonds. The number of amides is 2. The fourth-order valence-electron chi connectivity index (χ4n) is 1.86. The van der Waals surface area contributed by atoms with Gasteiger partial charge in [0.05, 0.1) is 6.54 Å². The number of alkyl halides is 3. The van der Waals surface area contributed by atoms with Crippen molar-refractivity contribution in [3.63, 3.8) is 0 Å². The molecule has 0 saturated carbocycles. The topological polar surface area (TPSA) is 67.4 Å². The summed E-state index contributed by atoms with van der Waals surface area (Å²) in [5, 5.41) is 3.90. The van der Waals surface area contributed by atoms with E-state index in [0.717, 1.165) is 5.56 Å². The maximum atomic E-state index is 12.0. The lowest BCUT2D eigenvalue weighted by Crippen LogP contribution is -2.44. The van der Waals surface area contributed by atoms with Crippen LogP contribution >= 0.6 is 0 Å². The van der Waals surface area contributed by atoms with Crippen LogP contribution in [0.4, 0.5) is 13.2 Å². The first-order valence-corrected chi connectivity index (χ1v) is 7.77. The van der Waals surface area contributed by atoms with Gasteiger partial charge in [0.25, 0.3) is 5.91 Å². The number of halogens is 3. The van der Waals surface area contributed by atoms with Crippen LogP contribution in [0, 0.1) is 0 Å². The number of hydrogen-bond donors (Lipinski definition) is 2. The lowest BCUT2D eigenvalue weighted by atomic mass is 9.87. The molecule has 1 unspecified atom stereocenters. The van der Waals surface area contributed by atoms with Gasteiger partial charge in [0.1, 0.15) is 12.3 Å². The van der Waals surface area contributed by atoms with Crippen LogP contribution in [0.2, 0.25) is 0 Å². The molecule has 1 aromatic rings. The Labute approximate surface area is 144 Å². The Hall–Kier alpha value is -2.25. The molecule has 0 aliphatic heterocycles. The van der Waals surface area contributed by atoms with Crippen molar-refractivity contribution in [2.45, 2.75) is 45.4 Å². The van der Waals surface area contributed by atoms with Crippen LogP contribution in [0.3, 0.4) is 0 Å². The van der Waals surface area contributed by atoms with Gasteiger partial charge in [-0.05, 0) is 30.0 Å². The summed E-state index contributed by atoms with van der Waals surface area (Å²) < 4.78 is 41.4. The van der Waals surface area contributed by atoms with Crippen LogP contribution in [0.5, 0.6) is 5.75 Å². The third-order valence-corrected chi connectivity index (χ3v) is 3.31. The third kappa shape index (κ3) is 7.91. The van der Waals surface area contributed by atoms with Gasteiger partial charge in [-0.15, -0.1) is 0 Å². The Bertz CT molecular complexity index is 593. The van der Waals surface area contributed by atoms with Gasteiger partial charge in [0.15, 0.2) is 6.10 Å². The van der Waals surface area contributed by atoms with Crippen LogP contribution in [0.15, 0.2) is 24.3 Å². The van der Waals surface area contributed by atoms with Gasteiger partial charge in [0, 0.05) is 0 Å². The van der Waals surface area contributed by atoms with Gasteiger partial charge in [-0.25, -0.2) is 0 Å². The number of carbonyl (C=O) groups is 2. The average molecular weight is 360 g/mol. The molecule has 0 fully saturated rings. The van der Waals surface area contributed by atoms with Crippen molar-refractivity contribution < 1.29 is 27.5 Å². The Morgan fingerprint density at radius 1 is 1.08 bits per heavy atom. The Morgan fingerprint density at radius 3 is 2.12 bits per heavy atom. The monoisotopic (exact) mass is 360 g/mol. The van der Waals surface area contributed by atoms with E-state index in [1.54, 1.807) is 17.4 Å². The minimum Gasteiger partial charge on any atom is -0.481 e. The van der Waals surface area contributed by atoms with Crippen LogP contribution in [0.25, 0.3) is 0 Å². The highest BCUT2D eigenvalue weighted by atomic mass is 19.4. The second-order valence-corrected chi connectivity index (χ2v) is 6.64. The molecule has 0 aliphatic rings. The molecule has 25 heavy (non-hydrogen) atoms. The summed E-state index contributed by atoms with van der Waals surface area (Å²) in [4.78, 5) is 23.1. The second-order valence-electron chi connectivity index (χ2n) is 6.64. The first-order valence-electron chi connectivity index (χ1n) is 7.77. The number of ether oxygens (including phenoxy) is 1. The maximum Gasteiger partial charge on any atom is 0.405 e. The zero-order valence-corrected chi connectivity index (χ0v) is 14.7. The first-order chi connectivity index (χ1) is 11.4. The zero-order chi connectivity index (χ0) is 19.3. The number of hydrogen-bond acceptors (Lipinski definition) is 3. The lowest BCUT2D eigenvalue weighted by Gasteiger charge is -2.20. The fraction of sp³-hybridized carbons (Fsp3) is 0.529. The first kappa shape index (κ1) is 20.8. The highest BCUT2D eigenvalue weighted by Crippen LogP contribution is 2.24. The summed E-state index contributed by atoms with van der Waals surface area (Å²) in [6.45, 7) is 5.72. The van der Waals surface area contributed by atoms with Gasteiger partial charge in [-0.3, -0.25) is 9.59 Å². The summed E-state index contributed by atoms with van der Waals surface area (Å²) in [6.07, 6.45) is -5.38. The minimum absolute atomic E-state index is 0.00863. The van der Waals surface area contributed by atoms with Crippen molar-refractivity contribution in [2.75, 3.05) is 13.1 Å². The molecule has 1 atom stereocenters. The molecule has 1 aromatic carbocycles. The quantitative estimate of drug-likeness (QED) is 0.819. The van der Waals surface area contributed by atoms with E-state index < -0.39 is 37.2 Å². The molecule has 0 bridgehead atoms. The molecule has 0 heterocycles. The standard InChI is InChI=1S/C17H23F3N2O3/c1-11(15(24)21-9-14(23)22-10-17(18,19)20)25-13-7-5-12(6-8-13)16(2,3)4/h5-8,11H,9-10H2,1-4H3,(H,21,24)(H,22,23). The summed E-state index contributed by atoms with van der Waals surface area (Å²) >= 11 is 0. The predicted molar refractivity (Wildman–Crippen MR) is 87.3 cm³/mol. The number of carbonyl (C=O) groups excluding carboxylic acids is 2. The minimum atomic E-state index is -4.49. The van der Waals surface area contributed by atoms with E-state index in [1.807, 2.05) is 12.1 Å². The van der Waals surface area contributed by atoms with Crippen molar-refractivity contribution in [1.29, 1.82) is 0 Å². The van der Waals surface area contributed by atoms with Crippen LogP contribution in [-0.4, -0.2) is 37.2 Å². The molecule has 0 aliphatic carbocycles. The van der Waals surface area contributed by atoms with Gasteiger partial charge < -0.3 is 15.4 Å². The predicted octanol–water partition coefficient (Wildman–Crippen LogP) is 2.55. The Kier molecular flexibility index (Phi) is 6.84. The van der Waals surface area contributed by atoms with E-state index in [2.05, 4.69) is 26.1 Å². The molecule has 0 aromatic heterocycles. The molecule has 0 spiro atoms. The molecule has 0 radical (unpaired) electrons. The molecular weight excluding hydrogens is 337 g/mol. The van der Waals surface area contributed by atoms with Gasteiger partial charge >= 0.3 is 6.18 Å². The smallest absolute Gasteiger partial charge is 0.405 e. The van der Waals surface area contributed by atoms with Crippen molar-refractivity contribution in [1.82, 2.24) is 10.6 Å². The van der Waals surface area contributed by atoms with Crippen LogP contribution in [0.1, 0.15) is 33.3 Å². The Balaban J connectivity index is 2.45. The molecule has 140 valence electrons. The van der Waals surface area contributed by atoms with Crippen molar-refractivity contribution >= 4 is 11.8 Å². The lowest BCUT2D eigenvalue weighted by molar-refractivity contribution is -0.139. The van der Waals surface area contributed by atoms with E-state index in [9.17, 15) is 22.8 Å². The Morgan fingerprint density at radius 2 is 1.64 bits per heavy atom. The second kappa shape index (κ2) is 8.22. The zero-order valence-electron chi connectivity index (χ0n) is 14.7. The number of rotatable bonds is 6. The summed E-state index contributed by atoms with van der Waals surface area (Å²) in [5.41, 5.74) is 1.10. The third-order valence-electron chi connectivity index (χ3n) is 3.31.